The quantitative estimate of drug-likeness (QED) is 0.888. The van der Waals surface area contributed by atoms with E-state index in [-0.39, 0.29) is 22.8 Å². The number of aromatic amines is 1. The van der Waals surface area contributed by atoms with Crippen LogP contribution in [0.2, 0.25) is 0 Å². The summed E-state index contributed by atoms with van der Waals surface area (Å²) in [7, 11) is 4.31. The van der Waals surface area contributed by atoms with Gasteiger partial charge in [0.1, 0.15) is 5.69 Å². The minimum atomic E-state index is -2.64. The summed E-state index contributed by atoms with van der Waals surface area (Å²) in [6, 6.07) is 1.16. The van der Waals surface area contributed by atoms with Crippen molar-refractivity contribution in [2.24, 2.45) is 0 Å². The lowest BCUT2D eigenvalue weighted by atomic mass is 9.85. The number of nitrogens with zero attached hydrogens (tertiary/aromatic N) is 4. The van der Waals surface area contributed by atoms with Crippen molar-refractivity contribution in [1.29, 1.82) is 0 Å². The van der Waals surface area contributed by atoms with E-state index in [1.807, 2.05) is 0 Å². The molecule has 0 unspecified atom stereocenters. The molecule has 0 aromatic carbocycles. The van der Waals surface area contributed by atoms with Crippen molar-refractivity contribution in [2.45, 2.75) is 31.2 Å². The smallest absolute Gasteiger partial charge is 0.279 e. The van der Waals surface area contributed by atoms with Crippen molar-refractivity contribution in [3.05, 3.63) is 17.5 Å². The lowest BCUT2D eigenvalue weighted by molar-refractivity contribution is 0.0279. The summed E-state index contributed by atoms with van der Waals surface area (Å²) in [6.45, 7) is 4.43. The SMILES string of the molecule is CN1CCCN(C)C2(CCN(C(=O)c3cc(C(F)F)[nH]n3)CC2)C1. The van der Waals surface area contributed by atoms with Crippen LogP contribution in [0.25, 0.3) is 0 Å². The average molecular weight is 341 g/mol. The highest BCUT2D eigenvalue weighted by atomic mass is 19.3. The van der Waals surface area contributed by atoms with Crippen molar-refractivity contribution in [3.63, 3.8) is 0 Å². The van der Waals surface area contributed by atoms with Gasteiger partial charge < -0.3 is 9.80 Å². The number of nitrogens with one attached hydrogen (secondary N) is 1. The number of carbonyl (C=O) groups is 1. The summed E-state index contributed by atoms with van der Waals surface area (Å²) >= 11 is 0. The number of piperidine rings is 1. The van der Waals surface area contributed by atoms with Gasteiger partial charge in [-0.15, -0.1) is 0 Å². The van der Waals surface area contributed by atoms with Gasteiger partial charge in [-0.05, 0) is 52.5 Å². The highest BCUT2D eigenvalue weighted by Gasteiger charge is 2.41. The molecule has 8 heteroatoms. The number of alkyl halides is 2. The molecule has 1 N–H and O–H groups in total. The third kappa shape index (κ3) is 3.30. The molecule has 1 amide bonds. The topological polar surface area (TPSA) is 55.5 Å². The Kier molecular flexibility index (Phi) is 4.87. The van der Waals surface area contributed by atoms with Crippen molar-refractivity contribution >= 4 is 5.91 Å². The molecule has 2 aliphatic rings. The van der Waals surface area contributed by atoms with Gasteiger partial charge in [0.15, 0.2) is 5.69 Å². The molecule has 0 saturated carbocycles. The van der Waals surface area contributed by atoms with Crippen molar-refractivity contribution in [2.75, 3.05) is 46.8 Å². The van der Waals surface area contributed by atoms with Crippen LogP contribution in [0.3, 0.4) is 0 Å². The summed E-state index contributed by atoms with van der Waals surface area (Å²) < 4.78 is 25.3. The fourth-order valence-electron chi connectivity index (χ4n) is 3.90. The first kappa shape index (κ1) is 17.3. The van der Waals surface area contributed by atoms with Gasteiger partial charge in [-0.25, -0.2) is 8.78 Å². The third-order valence-corrected chi connectivity index (χ3v) is 5.44. The first-order valence-corrected chi connectivity index (χ1v) is 8.44. The molecule has 2 fully saturated rings. The van der Waals surface area contributed by atoms with Crippen LogP contribution in [0.15, 0.2) is 6.07 Å². The summed E-state index contributed by atoms with van der Waals surface area (Å²) in [4.78, 5) is 19.0. The standard InChI is InChI=1S/C16H25F2N5O/c1-21-6-3-7-22(2)16(11-21)4-8-23(9-5-16)15(24)13-10-12(14(17)18)19-20-13/h10,14H,3-9,11H2,1-2H3,(H,19,20). The number of hydrogen-bond acceptors (Lipinski definition) is 4. The van der Waals surface area contributed by atoms with Gasteiger partial charge in [-0.2, -0.15) is 5.10 Å². The lowest BCUT2D eigenvalue weighted by Crippen LogP contribution is -2.58. The maximum atomic E-state index is 12.6. The van der Waals surface area contributed by atoms with Crippen LogP contribution in [0.4, 0.5) is 8.78 Å². The third-order valence-electron chi connectivity index (χ3n) is 5.44. The molecular weight excluding hydrogens is 316 g/mol. The zero-order valence-electron chi connectivity index (χ0n) is 14.3. The normalized spacial score (nSPS) is 23.0. The van der Waals surface area contributed by atoms with Crippen LogP contribution in [0.5, 0.6) is 0 Å². The number of rotatable bonds is 2. The van der Waals surface area contributed by atoms with Crippen molar-refractivity contribution < 1.29 is 13.6 Å². The molecule has 0 radical (unpaired) electrons. The predicted octanol–water partition coefficient (Wildman–Crippen LogP) is 1.59. The van der Waals surface area contributed by atoms with Crippen LogP contribution in [-0.4, -0.2) is 83.2 Å². The summed E-state index contributed by atoms with van der Waals surface area (Å²) in [6.07, 6.45) is 0.303. The maximum absolute atomic E-state index is 12.6. The molecule has 0 aliphatic carbocycles. The van der Waals surface area contributed by atoms with Gasteiger partial charge in [0.05, 0.1) is 0 Å². The minimum Gasteiger partial charge on any atom is -0.337 e. The largest absolute Gasteiger partial charge is 0.337 e. The van der Waals surface area contributed by atoms with E-state index in [1.54, 1.807) is 4.90 Å². The maximum Gasteiger partial charge on any atom is 0.279 e. The van der Waals surface area contributed by atoms with E-state index in [1.165, 1.54) is 0 Å². The molecule has 134 valence electrons. The average Bonchev–Trinajstić information content (AvgIpc) is 3.00. The second-order valence-electron chi connectivity index (χ2n) is 7.04. The molecule has 3 heterocycles. The van der Waals surface area contributed by atoms with Crippen LogP contribution in [0.1, 0.15) is 41.9 Å². The van der Waals surface area contributed by atoms with Crippen LogP contribution in [0, 0.1) is 0 Å². The van der Waals surface area contributed by atoms with E-state index < -0.39 is 6.43 Å². The van der Waals surface area contributed by atoms with E-state index in [0.717, 1.165) is 45.0 Å². The number of amides is 1. The van der Waals surface area contributed by atoms with Gasteiger partial charge in [0.25, 0.3) is 12.3 Å². The second-order valence-corrected chi connectivity index (χ2v) is 7.04. The number of aromatic nitrogens is 2. The number of hydrogen-bond donors (Lipinski definition) is 1. The van der Waals surface area contributed by atoms with E-state index in [2.05, 4.69) is 34.1 Å². The van der Waals surface area contributed by atoms with Gasteiger partial charge in [-0.3, -0.25) is 14.8 Å². The molecule has 2 aliphatic heterocycles. The molecular formula is C16H25F2N5O. The fraction of sp³-hybridized carbons (Fsp3) is 0.750. The number of likely N-dealkylation sites (tertiary alicyclic amines) is 1. The van der Waals surface area contributed by atoms with E-state index in [4.69, 9.17) is 0 Å². The van der Waals surface area contributed by atoms with E-state index >= 15 is 0 Å². The van der Waals surface area contributed by atoms with Crippen LogP contribution >= 0.6 is 0 Å². The second kappa shape index (κ2) is 6.76. The Labute approximate surface area is 140 Å². The predicted molar refractivity (Wildman–Crippen MR) is 86.2 cm³/mol. The molecule has 1 aromatic rings. The van der Waals surface area contributed by atoms with Gasteiger partial charge in [0.2, 0.25) is 0 Å². The van der Waals surface area contributed by atoms with E-state index in [9.17, 15) is 13.6 Å². The first-order valence-electron chi connectivity index (χ1n) is 8.44. The molecule has 1 spiro atoms. The highest BCUT2D eigenvalue weighted by Crippen LogP contribution is 2.31. The van der Waals surface area contributed by atoms with Gasteiger partial charge >= 0.3 is 0 Å². The number of H-pyrrole nitrogens is 1. The summed E-state index contributed by atoms with van der Waals surface area (Å²) in [5.74, 6) is -0.266. The molecule has 1 aromatic heterocycles. The Hall–Kier alpha value is -1.54. The Morgan fingerprint density at radius 1 is 1.25 bits per heavy atom. The summed E-state index contributed by atoms with van der Waals surface area (Å²) in [5.41, 5.74) is -0.133. The molecule has 3 rings (SSSR count). The van der Waals surface area contributed by atoms with Gasteiger partial charge in [0, 0.05) is 25.2 Å². The molecule has 6 nitrogen and oxygen atoms in total. The zero-order chi connectivity index (χ0) is 17.3. The van der Waals surface area contributed by atoms with Crippen molar-refractivity contribution in [3.8, 4) is 0 Å². The first-order chi connectivity index (χ1) is 11.4. The van der Waals surface area contributed by atoms with E-state index in [0.29, 0.717) is 13.1 Å². The zero-order valence-corrected chi connectivity index (χ0v) is 14.3. The number of carbonyl (C=O) groups excluding carboxylic acids is 1. The number of likely N-dealkylation sites (N-methyl/N-ethyl adjacent to an activating group) is 2. The number of halogens is 2. The summed E-state index contributed by atoms with van der Waals surface area (Å²) in [5, 5.41) is 5.98. The molecule has 0 atom stereocenters. The van der Waals surface area contributed by atoms with Crippen molar-refractivity contribution in [1.82, 2.24) is 24.9 Å². The monoisotopic (exact) mass is 341 g/mol. The Balaban J connectivity index is 1.66. The Morgan fingerprint density at radius 2 is 1.96 bits per heavy atom. The fourth-order valence-corrected chi connectivity index (χ4v) is 3.90. The molecule has 2 saturated heterocycles. The van der Waals surface area contributed by atoms with Crippen LogP contribution < -0.4 is 0 Å². The Bertz CT molecular complexity index is 583. The molecule has 0 bridgehead atoms. The lowest BCUT2D eigenvalue weighted by Gasteiger charge is -2.47. The highest BCUT2D eigenvalue weighted by molar-refractivity contribution is 5.92. The Morgan fingerprint density at radius 3 is 2.58 bits per heavy atom. The van der Waals surface area contributed by atoms with Gasteiger partial charge in [-0.1, -0.05) is 0 Å². The minimum absolute atomic E-state index is 0.0765. The molecule has 24 heavy (non-hydrogen) atoms. The van der Waals surface area contributed by atoms with Crippen LogP contribution in [-0.2, 0) is 0 Å².